The van der Waals surface area contributed by atoms with Gasteiger partial charge >= 0.3 is 0 Å². The van der Waals surface area contributed by atoms with Gasteiger partial charge in [0.25, 0.3) is 5.91 Å². The van der Waals surface area contributed by atoms with Crippen molar-refractivity contribution in [3.05, 3.63) is 53.5 Å². The first-order valence-corrected chi connectivity index (χ1v) is 5.70. The van der Waals surface area contributed by atoms with Crippen LogP contribution in [0.25, 0.3) is 0 Å². The molecule has 0 unspecified atom stereocenters. The largest absolute Gasteiger partial charge is 0.472 e. The molecule has 94 valence electrons. The van der Waals surface area contributed by atoms with E-state index in [1.54, 1.807) is 36.6 Å². The molecule has 1 amide bonds. The number of rotatable bonds is 3. The van der Waals surface area contributed by atoms with Gasteiger partial charge in [-0.2, -0.15) is 0 Å². The van der Waals surface area contributed by atoms with E-state index in [1.165, 1.54) is 0 Å². The predicted octanol–water partition coefficient (Wildman–Crippen LogP) is 2.44. The molecule has 18 heavy (non-hydrogen) atoms. The standard InChI is InChI=1S/C14H16N2O2/c1-10-3-4-12(7-13(10)15)14(17)16(2)8-11-5-6-18-9-11/h3-7,9H,8,15H2,1-2H3. The van der Waals surface area contributed by atoms with Crippen molar-refractivity contribution in [1.29, 1.82) is 0 Å². The van der Waals surface area contributed by atoms with Gasteiger partial charge in [0.15, 0.2) is 0 Å². The third-order valence-electron chi connectivity index (χ3n) is 2.87. The van der Waals surface area contributed by atoms with Crippen LogP contribution in [-0.4, -0.2) is 17.9 Å². The quantitative estimate of drug-likeness (QED) is 0.844. The normalized spacial score (nSPS) is 10.3. The topological polar surface area (TPSA) is 59.5 Å². The van der Waals surface area contributed by atoms with Crippen LogP contribution in [-0.2, 0) is 6.54 Å². The molecule has 1 aromatic carbocycles. The molecule has 0 aliphatic rings. The Balaban J connectivity index is 2.12. The number of amides is 1. The number of anilines is 1. The van der Waals surface area contributed by atoms with Crippen molar-refractivity contribution >= 4 is 11.6 Å². The molecule has 0 bridgehead atoms. The Morgan fingerprint density at radius 2 is 2.17 bits per heavy atom. The lowest BCUT2D eigenvalue weighted by Gasteiger charge is -2.16. The Bertz CT molecular complexity index is 547. The molecule has 4 heteroatoms. The molecule has 0 atom stereocenters. The predicted molar refractivity (Wildman–Crippen MR) is 70.1 cm³/mol. The molecule has 0 spiro atoms. The van der Waals surface area contributed by atoms with Crippen molar-refractivity contribution < 1.29 is 9.21 Å². The number of furan rings is 1. The minimum absolute atomic E-state index is 0.0529. The van der Waals surface area contributed by atoms with Crippen molar-refractivity contribution in [3.63, 3.8) is 0 Å². The van der Waals surface area contributed by atoms with Crippen LogP contribution >= 0.6 is 0 Å². The summed E-state index contributed by atoms with van der Waals surface area (Å²) in [4.78, 5) is 13.8. The molecular formula is C14H16N2O2. The summed E-state index contributed by atoms with van der Waals surface area (Å²) in [6.07, 6.45) is 3.23. The molecule has 0 aliphatic heterocycles. The van der Waals surface area contributed by atoms with Crippen molar-refractivity contribution in [2.24, 2.45) is 0 Å². The summed E-state index contributed by atoms with van der Waals surface area (Å²) in [6.45, 7) is 2.43. The number of carbonyl (C=O) groups excluding carboxylic acids is 1. The van der Waals surface area contributed by atoms with Crippen LogP contribution in [0.3, 0.4) is 0 Å². The molecule has 1 aromatic heterocycles. The Labute approximate surface area is 106 Å². The average molecular weight is 244 g/mol. The molecule has 0 saturated heterocycles. The number of carbonyl (C=O) groups is 1. The molecular weight excluding hydrogens is 228 g/mol. The second kappa shape index (κ2) is 4.96. The van der Waals surface area contributed by atoms with Crippen LogP contribution in [0.1, 0.15) is 21.5 Å². The van der Waals surface area contributed by atoms with Crippen molar-refractivity contribution in [1.82, 2.24) is 4.90 Å². The highest BCUT2D eigenvalue weighted by molar-refractivity contribution is 5.95. The second-order valence-electron chi connectivity index (χ2n) is 4.36. The van der Waals surface area contributed by atoms with E-state index in [0.29, 0.717) is 17.8 Å². The zero-order valence-electron chi connectivity index (χ0n) is 10.5. The minimum atomic E-state index is -0.0529. The average Bonchev–Trinajstić information content (AvgIpc) is 2.84. The molecule has 0 fully saturated rings. The fraction of sp³-hybridized carbons (Fsp3) is 0.214. The van der Waals surface area contributed by atoms with Gasteiger partial charge in [-0.3, -0.25) is 4.79 Å². The van der Waals surface area contributed by atoms with Gasteiger partial charge in [0.1, 0.15) is 0 Å². The number of nitrogens with two attached hydrogens (primary N) is 1. The zero-order valence-corrected chi connectivity index (χ0v) is 10.5. The summed E-state index contributed by atoms with van der Waals surface area (Å²) in [6, 6.07) is 7.20. The smallest absolute Gasteiger partial charge is 0.253 e. The van der Waals surface area contributed by atoms with Gasteiger partial charge in [0, 0.05) is 30.4 Å². The summed E-state index contributed by atoms with van der Waals surface area (Å²) < 4.78 is 4.98. The van der Waals surface area contributed by atoms with Gasteiger partial charge in [0.2, 0.25) is 0 Å². The van der Waals surface area contributed by atoms with Gasteiger partial charge in [-0.25, -0.2) is 0 Å². The third-order valence-corrected chi connectivity index (χ3v) is 2.87. The van der Waals surface area contributed by atoms with E-state index in [1.807, 2.05) is 19.1 Å². The molecule has 2 aromatic rings. The summed E-state index contributed by atoms with van der Waals surface area (Å²) >= 11 is 0. The lowest BCUT2D eigenvalue weighted by atomic mass is 10.1. The molecule has 2 rings (SSSR count). The molecule has 1 heterocycles. The van der Waals surface area contributed by atoms with E-state index in [2.05, 4.69) is 0 Å². The summed E-state index contributed by atoms with van der Waals surface area (Å²) in [5.41, 5.74) is 8.99. The highest BCUT2D eigenvalue weighted by atomic mass is 16.3. The number of benzene rings is 1. The van der Waals surface area contributed by atoms with E-state index in [0.717, 1.165) is 11.1 Å². The van der Waals surface area contributed by atoms with Gasteiger partial charge in [-0.05, 0) is 30.7 Å². The lowest BCUT2D eigenvalue weighted by molar-refractivity contribution is 0.0785. The van der Waals surface area contributed by atoms with Crippen molar-refractivity contribution in [3.8, 4) is 0 Å². The van der Waals surface area contributed by atoms with Crippen LogP contribution in [0.4, 0.5) is 5.69 Å². The maximum absolute atomic E-state index is 12.2. The van der Waals surface area contributed by atoms with Gasteiger partial charge in [0.05, 0.1) is 12.5 Å². The first-order chi connectivity index (χ1) is 8.58. The molecule has 2 N–H and O–H groups in total. The number of nitrogen functional groups attached to an aromatic ring is 1. The van der Waals surface area contributed by atoms with E-state index in [9.17, 15) is 4.79 Å². The van der Waals surface area contributed by atoms with E-state index >= 15 is 0 Å². The number of nitrogens with zero attached hydrogens (tertiary/aromatic N) is 1. The van der Waals surface area contributed by atoms with Gasteiger partial charge in [-0.1, -0.05) is 6.07 Å². The summed E-state index contributed by atoms with van der Waals surface area (Å²) in [5.74, 6) is -0.0529. The Kier molecular flexibility index (Phi) is 3.37. The molecule has 0 aliphatic carbocycles. The molecule has 0 saturated carbocycles. The first kappa shape index (κ1) is 12.2. The Morgan fingerprint density at radius 1 is 1.39 bits per heavy atom. The van der Waals surface area contributed by atoms with Crippen LogP contribution < -0.4 is 5.73 Å². The Hall–Kier alpha value is -2.23. The van der Waals surface area contributed by atoms with E-state index in [4.69, 9.17) is 10.2 Å². The van der Waals surface area contributed by atoms with Gasteiger partial charge in [-0.15, -0.1) is 0 Å². The van der Waals surface area contributed by atoms with Crippen LogP contribution in [0.5, 0.6) is 0 Å². The van der Waals surface area contributed by atoms with Crippen LogP contribution in [0, 0.1) is 6.92 Å². The van der Waals surface area contributed by atoms with Crippen LogP contribution in [0.15, 0.2) is 41.2 Å². The van der Waals surface area contributed by atoms with Crippen molar-refractivity contribution in [2.45, 2.75) is 13.5 Å². The third kappa shape index (κ3) is 2.53. The monoisotopic (exact) mass is 244 g/mol. The SMILES string of the molecule is Cc1ccc(C(=O)N(C)Cc2ccoc2)cc1N. The second-order valence-corrected chi connectivity index (χ2v) is 4.36. The highest BCUT2D eigenvalue weighted by Gasteiger charge is 2.13. The first-order valence-electron chi connectivity index (χ1n) is 5.70. The summed E-state index contributed by atoms with van der Waals surface area (Å²) in [7, 11) is 1.76. The fourth-order valence-corrected chi connectivity index (χ4v) is 1.72. The Morgan fingerprint density at radius 3 is 2.78 bits per heavy atom. The lowest BCUT2D eigenvalue weighted by Crippen LogP contribution is -2.26. The number of aryl methyl sites for hydroxylation is 1. The summed E-state index contributed by atoms with van der Waals surface area (Å²) in [5, 5.41) is 0. The fourth-order valence-electron chi connectivity index (χ4n) is 1.72. The van der Waals surface area contributed by atoms with Crippen molar-refractivity contribution in [2.75, 3.05) is 12.8 Å². The maximum atomic E-state index is 12.2. The molecule has 0 radical (unpaired) electrons. The highest BCUT2D eigenvalue weighted by Crippen LogP contribution is 2.15. The van der Waals surface area contributed by atoms with Crippen LogP contribution in [0.2, 0.25) is 0 Å². The molecule has 4 nitrogen and oxygen atoms in total. The van der Waals surface area contributed by atoms with E-state index in [-0.39, 0.29) is 5.91 Å². The van der Waals surface area contributed by atoms with E-state index < -0.39 is 0 Å². The number of hydrogen-bond donors (Lipinski definition) is 1. The van der Waals surface area contributed by atoms with Gasteiger partial charge < -0.3 is 15.1 Å². The minimum Gasteiger partial charge on any atom is -0.472 e. The maximum Gasteiger partial charge on any atom is 0.253 e. The zero-order chi connectivity index (χ0) is 13.1. The number of hydrogen-bond acceptors (Lipinski definition) is 3.